The predicted molar refractivity (Wildman–Crippen MR) is 78.0 cm³/mol. The second-order valence-electron chi connectivity index (χ2n) is 4.45. The molecular formula is C13H16N2O3S2. The SMILES string of the molecule is Cc1cnc(CNS(=O)(=O)c2cc(CO)ccc2C)s1. The molecule has 0 spiro atoms. The summed E-state index contributed by atoms with van der Waals surface area (Å²) in [6.07, 6.45) is 1.71. The molecule has 1 aromatic carbocycles. The molecule has 0 atom stereocenters. The number of thiazole rings is 1. The molecule has 2 rings (SSSR count). The fourth-order valence-corrected chi connectivity index (χ4v) is 3.85. The van der Waals surface area contributed by atoms with E-state index in [1.54, 1.807) is 25.3 Å². The van der Waals surface area contributed by atoms with Crippen LogP contribution in [0.1, 0.15) is 21.0 Å². The highest BCUT2D eigenvalue weighted by atomic mass is 32.2. The van der Waals surface area contributed by atoms with E-state index in [0.29, 0.717) is 11.1 Å². The summed E-state index contributed by atoms with van der Waals surface area (Å²) in [7, 11) is -3.61. The summed E-state index contributed by atoms with van der Waals surface area (Å²) in [6, 6.07) is 4.89. The summed E-state index contributed by atoms with van der Waals surface area (Å²) < 4.78 is 27.1. The largest absolute Gasteiger partial charge is 0.392 e. The van der Waals surface area contributed by atoms with Crippen LogP contribution in [-0.4, -0.2) is 18.5 Å². The average Bonchev–Trinajstić information content (AvgIpc) is 2.83. The van der Waals surface area contributed by atoms with Gasteiger partial charge < -0.3 is 5.11 Å². The van der Waals surface area contributed by atoms with Crippen LogP contribution in [0.4, 0.5) is 0 Å². The van der Waals surface area contributed by atoms with Crippen LogP contribution in [0.25, 0.3) is 0 Å². The molecule has 2 N–H and O–H groups in total. The van der Waals surface area contributed by atoms with Crippen LogP contribution in [0.3, 0.4) is 0 Å². The van der Waals surface area contributed by atoms with Gasteiger partial charge in [0.25, 0.3) is 0 Å². The van der Waals surface area contributed by atoms with Crippen molar-refractivity contribution in [2.45, 2.75) is 31.9 Å². The molecule has 1 heterocycles. The average molecular weight is 312 g/mol. The van der Waals surface area contributed by atoms with E-state index in [2.05, 4.69) is 9.71 Å². The molecule has 108 valence electrons. The Morgan fingerprint density at radius 2 is 2.10 bits per heavy atom. The van der Waals surface area contributed by atoms with Crippen LogP contribution < -0.4 is 4.72 Å². The van der Waals surface area contributed by atoms with Gasteiger partial charge in [-0.05, 0) is 31.0 Å². The van der Waals surface area contributed by atoms with Crippen molar-refractivity contribution in [3.05, 3.63) is 45.4 Å². The van der Waals surface area contributed by atoms with Gasteiger partial charge in [-0.15, -0.1) is 11.3 Å². The van der Waals surface area contributed by atoms with Gasteiger partial charge in [0.15, 0.2) is 0 Å². The fourth-order valence-electron chi connectivity index (χ4n) is 1.75. The Balaban J connectivity index is 2.21. The van der Waals surface area contributed by atoms with Gasteiger partial charge in [-0.25, -0.2) is 18.1 Å². The zero-order valence-electron chi connectivity index (χ0n) is 11.3. The van der Waals surface area contributed by atoms with Gasteiger partial charge in [-0.2, -0.15) is 0 Å². The maximum Gasteiger partial charge on any atom is 0.241 e. The van der Waals surface area contributed by atoms with E-state index < -0.39 is 10.0 Å². The molecular weight excluding hydrogens is 296 g/mol. The number of aromatic nitrogens is 1. The van der Waals surface area contributed by atoms with E-state index in [1.807, 2.05) is 6.92 Å². The summed E-state index contributed by atoms with van der Waals surface area (Å²) in [6.45, 7) is 3.63. The first-order valence-electron chi connectivity index (χ1n) is 6.04. The summed E-state index contributed by atoms with van der Waals surface area (Å²) in [5, 5.41) is 9.83. The molecule has 0 saturated heterocycles. The number of hydrogen-bond acceptors (Lipinski definition) is 5. The van der Waals surface area contributed by atoms with Crippen LogP contribution in [-0.2, 0) is 23.2 Å². The number of hydrogen-bond donors (Lipinski definition) is 2. The number of aliphatic hydroxyl groups is 1. The van der Waals surface area contributed by atoms with Crippen LogP contribution >= 0.6 is 11.3 Å². The van der Waals surface area contributed by atoms with Crippen molar-refractivity contribution in [3.63, 3.8) is 0 Å². The number of aliphatic hydroxyl groups excluding tert-OH is 1. The lowest BCUT2D eigenvalue weighted by Crippen LogP contribution is -2.24. The minimum Gasteiger partial charge on any atom is -0.392 e. The van der Waals surface area contributed by atoms with Gasteiger partial charge in [0, 0.05) is 11.1 Å². The van der Waals surface area contributed by atoms with Gasteiger partial charge in [0.1, 0.15) is 5.01 Å². The molecule has 0 bridgehead atoms. The predicted octanol–water partition coefficient (Wildman–Crippen LogP) is 1.73. The molecule has 0 fully saturated rings. The van der Waals surface area contributed by atoms with Gasteiger partial charge in [0.2, 0.25) is 10.0 Å². The Morgan fingerprint density at radius 3 is 2.70 bits per heavy atom. The van der Waals surface area contributed by atoms with Gasteiger partial charge in [-0.3, -0.25) is 0 Å². The van der Waals surface area contributed by atoms with E-state index in [-0.39, 0.29) is 18.0 Å². The number of aryl methyl sites for hydroxylation is 2. The molecule has 20 heavy (non-hydrogen) atoms. The first kappa shape index (κ1) is 15.1. The lowest BCUT2D eigenvalue weighted by atomic mass is 10.2. The topological polar surface area (TPSA) is 79.3 Å². The smallest absolute Gasteiger partial charge is 0.241 e. The van der Waals surface area contributed by atoms with Crippen LogP contribution in [0.2, 0.25) is 0 Å². The molecule has 2 aromatic rings. The van der Waals surface area contributed by atoms with E-state index >= 15 is 0 Å². The third-order valence-corrected chi connectivity index (χ3v) is 5.26. The van der Waals surface area contributed by atoms with Crippen molar-refractivity contribution in [1.29, 1.82) is 0 Å². The molecule has 5 nitrogen and oxygen atoms in total. The second-order valence-corrected chi connectivity index (χ2v) is 7.50. The van der Waals surface area contributed by atoms with Crippen LogP contribution in [0.5, 0.6) is 0 Å². The second kappa shape index (κ2) is 6.01. The Bertz CT molecular complexity index is 708. The normalized spacial score (nSPS) is 11.8. The highest BCUT2D eigenvalue weighted by Gasteiger charge is 2.17. The van der Waals surface area contributed by atoms with E-state index in [1.165, 1.54) is 17.4 Å². The molecule has 0 radical (unpaired) electrons. The van der Waals surface area contributed by atoms with Crippen molar-refractivity contribution >= 4 is 21.4 Å². The van der Waals surface area contributed by atoms with E-state index in [4.69, 9.17) is 5.11 Å². The zero-order chi connectivity index (χ0) is 14.8. The van der Waals surface area contributed by atoms with Crippen molar-refractivity contribution in [3.8, 4) is 0 Å². The number of nitrogens with one attached hydrogen (secondary N) is 1. The third-order valence-electron chi connectivity index (χ3n) is 2.81. The van der Waals surface area contributed by atoms with E-state index in [0.717, 1.165) is 9.88 Å². The molecule has 0 amide bonds. The molecule has 7 heteroatoms. The lowest BCUT2D eigenvalue weighted by Gasteiger charge is -2.09. The summed E-state index contributed by atoms with van der Waals surface area (Å²) >= 11 is 1.46. The molecule has 0 unspecified atom stereocenters. The first-order valence-corrected chi connectivity index (χ1v) is 8.33. The minimum atomic E-state index is -3.61. The quantitative estimate of drug-likeness (QED) is 0.881. The third kappa shape index (κ3) is 3.43. The summed E-state index contributed by atoms with van der Waals surface area (Å²) in [4.78, 5) is 5.35. The molecule has 0 aliphatic carbocycles. The Labute approximate surface area is 122 Å². The highest BCUT2D eigenvalue weighted by Crippen LogP contribution is 2.18. The Morgan fingerprint density at radius 1 is 1.35 bits per heavy atom. The van der Waals surface area contributed by atoms with Crippen LogP contribution in [0.15, 0.2) is 29.3 Å². The van der Waals surface area contributed by atoms with E-state index in [9.17, 15) is 8.42 Å². The summed E-state index contributed by atoms with van der Waals surface area (Å²) in [5.41, 5.74) is 1.21. The number of benzene rings is 1. The zero-order valence-corrected chi connectivity index (χ0v) is 12.9. The number of nitrogens with zero attached hydrogens (tertiary/aromatic N) is 1. The Kier molecular flexibility index (Phi) is 4.54. The van der Waals surface area contributed by atoms with Gasteiger partial charge in [-0.1, -0.05) is 12.1 Å². The van der Waals surface area contributed by atoms with Crippen molar-refractivity contribution < 1.29 is 13.5 Å². The van der Waals surface area contributed by atoms with Crippen molar-refractivity contribution in [1.82, 2.24) is 9.71 Å². The highest BCUT2D eigenvalue weighted by molar-refractivity contribution is 7.89. The molecule has 1 aromatic heterocycles. The Hall–Kier alpha value is -1.28. The number of sulfonamides is 1. The maximum atomic E-state index is 12.3. The molecule has 0 saturated carbocycles. The fraction of sp³-hybridized carbons (Fsp3) is 0.308. The standard InChI is InChI=1S/C13H16N2O3S2/c1-9-3-4-11(8-16)5-12(9)20(17,18)15-7-13-14-6-10(2)19-13/h3-6,15-16H,7-8H2,1-2H3. The molecule has 0 aliphatic rings. The molecule has 0 aliphatic heterocycles. The minimum absolute atomic E-state index is 0.170. The first-order chi connectivity index (χ1) is 9.42. The summed E-state index contributed by atoms with van der Waals surface area (Å²) in [5.74, 6) is 0. The monoisotopic (exact) mass is 312 g/mol. The van der Waals surface area contributed by atoms with Crippen LogP contribution in [0, 0.1) is 13.8 Å². The van der Waals surface area contributed by atoms with Crippen molar-refractivity contribution in [2.24, 2.45) is 0 Å². The number of rotatable bonds is 5. The van der Waals surface area contributed by atoms with Gasteiger partial charge in [0.05, 0.1) is 18.0 Å². The van der Waals surface area contributed by atoms with Crippen molar-refractivity contribution in [2.75, 3.05) is 0 Å². The lowest BCUT2D eigenvalue weighted by molar-refractivity contribution is 0.281. The van der Waals surface area contributed by atoms with Gasteiger partial charge >= 0.3 is 0 Å². The maximum absolute atomic E-state index is 12.3.